The molecule has 5 heteroatoms. The monoisotopic (exact) mass is 319 g/mol. The summed E-state index contributed by atoms with van der Waals surface area (Å²) in [6, 6.07) is 5.33. The van der Waals surface area contributed by atoms with Crippen LogP contribution in [0.3, 0.4) is 0 Å². The van der Waals surface area contributed by atoms with Crippen LogP contribution in [0.2, 0.25) is 0 Å². The summed E-state index contributed by atoms with van der Waals surface area (Å²) >= 11 is 0. The molecule has 0 radical (unpaired) electrons. The molecule has 1 aromatic rings. The van der Waals surface area contributed by atoms with Crippen LogP contribution in [0.5, 0.6) is 0 Å². The highest BCUT2D eigenvalue weighted by atomic mass is 16.6. The molecule has 0 aromatic heterocycles. The van der Waals surface area contributed by atoms with Gasteiger partial charge in [0.1, 0.15) is 5.60 Å². The molecule has 0 aliphatic heterocycles. The summed E-state index contributed by atoms with van der Waals surface area (Å²) in [5, 5.41) is 2.92. The van der Waals surface area contributed by atoms with E-state index in [1.165, 1.54) is 7.11 Å². The molecule has 1 aromatic carbocycles. The van der Waals surface area contributed by atoms with Crippen molar-refractivity contribution in [3.8, 4) is 0 Å². The number of methoxy groups -OCH3 is 1. The highest BCUT2D eigenvalue weighted by Gasteiger charge is 2.38. The van der Waals surface area contributed by atoms with E-state index >= 15 is 0 Å². The highest BCUT2D eigenvalue weighted by molar-refractivity contribution is 5.89. The lowest BCUT2D eigenvalue weighted by Crippen LogP contribution is -2.34. The zero-order valence-corrected chi connectivity index (χ0v) is 14.6. The molecular weight excluding hydrogens is 294 g/mol. The molecule has 0 spiro atoms. The zero-order chi connectivity index (χ0) is 17.4. The minimum Gasteiger partial charge on any atom is -0.465 e. The fourth-order valence-electron chi connectivity index (χ4n) is 3.02. The molecule has 5 nitrogen and oxygen atoms in total. The Hall–Kier alpha value is -2.04. The normalized spacial score (nSPS) is 19.0. The molecule has 2 rings (SSSR count). The van der Waals surface area contributed by atoms with Crippen LogP contribution in [0.25, 0.3) is 0 Å². The van der Waals surface area contributed by atoms with E-state index in [-0.39, 0.29) is 17.4 Å². The van der Waals surface area contributed by atoms with Crippen LogP contribution in [0.1, 0.15) is 68.6 Å². The van der Waals surface area contributed by atoms with Crippen molar-refractivity contribution in [1.82, 2.24) is 5.32 Å². The van der Waals surface area contributed by atoms with Gasteiger partial charge in [-0.1, -0.05) is 19.9 Å². The average molecular weight is 319 g/mol. The van der Waals surface area contributed by atoms with Crippen LogP contribution in [0.4, 0.5) is 4.79 Å². The van der Waals surface area contributed by atoms with E-state index in [9.17, 15) is 9.59 Å². The number of carbonyl (C=O) groups excluding carboxylic acids is 2. The SMILES string of the molecule is COC(=O)c1ccc2c(c1)[C@H](NC(=O)OC(C)(C)C)CC2(C)C. The van der Waals surface area contributed by atoms with Crippen molar-refractivity contribution < 1.29 is 19.1 Å². The molecule has 1 N–H and O–H groups in total. The van der Waals surface area contributed by atoms with Gasteiger partial charge in [-0.2, -0.15) is 0 Å². The third kappa shape index (κ3) is 3.84. The second kappa shape index (κ2) is 5.87. The van der Waals surface area contributed by atoms with Gasteiger partial charge in [-0.3, -0.25) is 0 Å². The first-order chi connectivity index (χ1) is 10.5. The number of fused-ring (bicyclic) bond motifs is 1. The Labute approximate surface area is 137 Å². The van der Waals surface area contributed by atoms with E-state index in [2.05, 4.69) is 19.2 Å². The van der Waals surface area contributed by atoms with E-state index in [0.717, 1.165) is 17.5 Å². The standard InChI is InChI=1S/C18H25NO4/c1-17(2,3)23-16(21)19-14-10-18(4,5)13-8-7-11(9-12(13)14)15(20)22-6/h7-9,14H,10H2,1-6H3,(H,19,21)/t14-/m1/s1. The Bertz CT molecular complexity index is 628. The largest absolute Gasteiger partial charge is 0.465 e. The Morgan fingerprint density at radius 1 is 1.26 bits per heavy atom. The molecule has 0 saturated heterocycles. The van der Waals surface area contributed by atoms with Crippen LogP contribution < -0.4 is 5.32 Å². The molecule has 0 saturated carbocycles. The predicted molar refractivity (Wildman–Crippen MR) is 87.5 cm³/mol. The molecule has 0 unspecified atom stereocenters. The third-order valence-corrected chi connectivity index (χ3v) is 3.98. The number of benzene rings is 1. The average Bonchev–Trinajstić information content (AvgIpc) is 2.66. The van der Waals surface area contributed by atoms with Crippen molar-refractivity contribution >= 4 is 12.1 Å². The fraction of sp³-hybridized carbons (Fsp3) is 0.556. The van der Waals surface area contributed by atoms with Crippen molar-refractivity contribution in [1.29, 1.82) is 0 Å². The van der Waals surface area contributed by atoms with E-state index in [0.29, 0.717) is 5.56 Å². The summed E-state index contributed by atoms with van der Waals surface area (Å²) in [5.41, 5.74) is 1.94. The van der Waals surface area contributed by atoms with Gasteiger partial charge in [0.25, 0.3) is 0 Å². The van der Waals surface area contributed by atoms with Gasteiger partial charge in [0.05, 0.1) is 18.7 Å². The molecule has 23 heavy (non-hydrogen) atoms. The van der Waals surface area contributed by atoms with E-state index in [1.807, 2.05) is 26.8 Å². The molecule has 1 aliphatic rings. The number of alkyl carbamates (subject to hydrolysis) is 1. The summed E-state index contributed by atoms with van der Waals surface area (Å²) in [6.45, 7) is 9.73. The van der Waals surface area contributed by atoms with Crippen LogP contribution in [0.15, 0.2) is 18.2 Å². The van der Waals surface area contributed by atoms with Gasteiger partial charge < -0.3 is 14.8 Å². The Morgan fingerprint density at radius 3 is 2.48 bits per heavy atom. The lowest BCUT2D eigenvalue weighted by molar-refractivity contribution is 0.0500. The number of ether oxygens (including phenoxy) is 2. The summed E-state index contributed by atoms with van der Waals surface area (Å²) < 4.78 is 10.1. The molecule has 1 aliphatic carbocycles. The van der Waals surface area contributed by atoms with Crippen LogP contribution in [-0.2, 0) is 14.9 Å². The van der Waals surface area contributed by atoms with Crippen molar-refractivity contribution in [2.45, 2.75) is 58.1 Å². The lowest BCUT2D eigenvalue weighted by Gasteiger charge is -2.23. The van der Waals surface area contributed by atoms with Crippen molar-refractivity contribution in [3.05, 3.63) is 34.9 Å². The van der Waals surface area contributed by atoms with Gasteiger partial charge in [-0.15, -0.1) is 0 Å². The highest BCUT2D eigenvalue weighted by Crippen LogP contribution is 2.44. The topological polar surface area (TPSA) is 64.6 Å². The Morgan fingerprint density at radius 2 is 1.91 bits per heavy atom. The third-order valence-electron chi connectivity index (χ3n) is 3.98. The quantitative estimate of drug-likeness (QED) is 0.844. The fourth-order valence-corrected chi connectivity index (χ4v) is 3.02. The molecule has 126 valence electrons. The van der Waals surface area contributed by atoms with Gasteiger partial charge in [0.2, 0.25) is 0 Å². The maximum absolute atomic E-state index is 12.1. The smallest absolute Gasteiger partial charge is 0.408 e. The number of esters is 1. The lowest BCUT2D eigenvalue weighted by atomic mass is 9.86. The summed E-state index contributed by atoms with van der Waals surface area (Å²) in [7, 11) is 1.36. The summed E-state index contributed by atoms with van der Waals surface area (Å²) in [4.78, 5) is 23.8. The molecule has 0 heterocycles. The van der Waals surface area contributed by atoms with Gasteiger partial charge >= 0.3 is 12.1 Å². The van der Waals surface area contributed by atoms with E-state index in [1.54, 1.807) is 12.1 Å². The minimum atomic E-state index is -0.547. The van der Waals surface area contributed by atoms with E-state index < -0.39 is 11.7 Å². The first-order valence-corrected chi connectivity index (χ1v) is 7.76. The molecule has 1 atom stereocenters. The summed E-state index contributed by atoms with van der Waals surface area (Å²) in [5.74, 6) is -0.381. The van der Waals surface area contributed by atoms with Crippen molar-refractivity contribution in [2.24, 2.45) is 0 Å². The van der Waals surface area contributed by atoms with Gasteiger partial charge in [-0.25, -0.2) is 9.59 Å². The number of amides is 1. The first-order valence-electron chi connectivity index (χ1n) is 7.76. The van der Waals surface area contributed by atoms with Crippen LogP contribution in [0, 0.1) is 0 Å². The Balaban J connectivity index is 2.28. The Kier molecular flexibility index (Phi) is 4.42. The minimum absolute atomic E-state index is 0.0797. The number of hydrogen-bond donors (Lipinski definition) is 1. The molecule has 0 fully saturated rings. The molecule has 0 bridgehead atoms. The number of nitrogens with one attached hydrogen (secondary N) is 1. The number of rotatable bonds is 2. The number of hydrogen-bond acceptors (Lipinski definition) is 4. The van der Waals surface area contributed by atoms with Crippen molar-refractivity contribution in [2.75, 3.05) is 7.11 Å². The second-order valence-corrected chi connectivity index (χ2v) is 7.58. The zero-order valence-electron chi connectivity index (χ0n) is 14.6. The second-order valence-electron chi connectivity index (χ2n) is 7.58. The first kappa shape index (κ1) is 17.3. The number of carbonyl (C=O) groups is 2. The van der Waals surface area contributed by atoms with E-state index in [4.69, 9.17) is 9.47 Å². The predicted octanol–water partition coefficient (Wildman–Crippen LogP) is 3.72. The van der Waals surface area contributed by atoms with Crippen LogP contribution in [-0.4, -0.2) is 24.8 Å². The van der Waals surface area contributed by atoms with Gasteiger partial charge in [-0.05, 0) is 55.9 Å². The van der Waals surface area contributed by atoms with Gasteiger partial charge in [0, 0.05) is 0 Å². The molecular formula is C18H25NO4. The maximum Gasteiger partial charge on any atom is 0.408 e. The van der Waals surface area contributed by atoms with Crippen LogP contribution >= 0.6 is 0 Å². The summed E-state index contributed by atoms with van der Waals surface area (Å²) in [6.07, 6.45) is 0.307. The van der Waals surface area contributed by atoms with Crippen molar-refractivity contribution in [3.63, 3.8) is 0 Å². The van der Waals surface area contributed by atoms with Gasteiger partial charge in [0.15, 0.2) is 0 Å². The molecule has 1 amide bonds. The maximum atomic E-state index is 12.1.